The van der Waals surface area contributed by atoms with Gasteiger partial charge in [-0.1, -0.05) is 24.3 Å². The Bertz CT molecular complexity index is 582. The summed E-state index contributed by atoms with van der Waals surface area (Å²) in [5.74, 6) is 0. The zero-order valence-corrected chi connectivity index (χ0v) is 8.14. The van der Waals surface area contributed by atoms with E-state index in [1.54, 1.807) is 0 Å². The van der Waals surface area contributed by atoms with E-state index < -0.39 is 0 Å². The van der Waals surface area contributed by atoms with Crippen molar-refractivity contribution in [1.82, 2.24) is 9.97 Å². The predicted octanol–water partition coefficient (Wildman–Crippen LogP) is 3.23. The Morgan fingerprint density at radius 2 is 1.87 bits per heavy atom. The number of H-pyrrole nitrogens is 1. The summed E-state index contributed by atoms with van der Waals surface area (Å²) in [6.45, 7) is 0. The smallest absolute Gasteiger partial charge is 0.0724 e. The number of aromatic amines is 1. The first-order chi connectivity index (χ1) is 7.43. The van der Waals surface area contributed by atoms with Crippen LogP contribution in [0.4, 0.5) is 0 Å². The second-order valence-corrected chi connectivity index (χ2v) is 3.49. The van der Waals surface area contributed by atoms with Gasteiger partial charge in [-0.25, -0.2) is 4.98 Å². The lowest BCUT2D eigenvalue weighted by atomic mass is 10.1. The minimum absolute atomic E-state index is 1.01. The molecule has 0 aliphatic heterocycles. The van der Waals surface area contributed by atoms with Crippen molar-refractivity contribution in [1.29, 1.82) is 0 Å². The largest absolute Gasteiger partial charge is 0.367 e. The average molecular weight is 194 g/mol. The summed E-state index contributed by atoms with van der Waals surface area (Å²) < 4.78 is 0. The molecule has 0 saturated heterocycles. The molecule has 3 rings (SSSR count). The maximum absolute atomic E-state index is 4.60. The van der Waals surface area contributed by atoms with Crippen LogP contribution in [0.15, 0.2) is 54.9 Å². The summed E-state index contributed by atoms with van der Waals surface area (Å²) in [7, 11) is 0. The van der Waals surface area contributed by atoms with Crippen LogP contribution in [0.5, 0.6) is 0 Å². The fourth-order valence-electron chi connectivity index (χ4n) is 1.71. The van der Waals surface area contributed by atoms with E-state index in [0.29, 0.717) is 0 Å². The van der Waals surface area contributed by atoms with E-state index in [9.17, 15) is 0 Å². The Kier molecular flexibility index (Phi) is 1.78. The Hall–Kier alpha value is -2.09. The van der Waals surface area contributed by atoms with E-state index in [2.05, 4.69) is 22.1 Å². The number of benzene rings is 1. The van der Waals surface area contributed by atoms with Crippen molar-refractivity contribution in [3.05, 3.63) is 54.9 Å². The van der Waals surface area contributed by atoms with Gasteiger partial charge in [-0.15, -0.1) is 0 Å². The highest BCUT2D eigenvalue weighted by Gasteiger charge is 2.00. The number of rotatable bonds is 1. The molecule has 0 spiro atoms. The maximum Gasteiger partial charge on any atom is 0.0724 e. The molecule has 2 nitrogen and oxygen atoms in total. The van der Waals surface area contributed by atoms with Crippen molar-refractivity contribution in [2.24, 2.45) is 0 Å². The zero-order valence-electron chi connectivity index (χ0n) is 8.14. The van der Waals surface area contributed by atoms with Gasteiger partial charge in [-0.2, -0.15) is 0 Å². The molecule has 0 fully saturated rings. The van der Waals surface area contributed by atoms with E-state index in [4.69, 9.17) is 0 Å². The molecule has 0 aliphatic rings. The van der Waals surface area contributed by atoms with Crippen LogP contribution in [0, 0.1) is 0 Å². The van der Waals surface area contributed by atoms with Gasteiger partial charge in [0.1, 0.15) is 0 Å². The number of hydrogen-bond acceptors (Lipinski definition) is 1. The Balaban J connectivity index is 2.22. The van der Waals surface area contributed by atoms with Gasteiger partial charge in [0, 0.05) is 23.3 Å². The van der Waals surface area contributed by atoms with Gasteiger partial charge in [0.05, 0.1) is 11.2 Å². The van der Waals surface area contributed by atoms with Gasteiger partial charge < -0.3 is 4.98 Å². The summed E-state index contributed by atoms with van der Waals surface area (Å²) >= 11 is 0. The molecule has 0 radical (unpaired) electrons. The summed E-state index contributed by atoms with van der Waals surface area (Å²) in [6.07, 6.45) is 3.86. The van der Waals surface area contributed by atoms with Gasteiger partial charge in [0.25, 0.3) is 0 Å². The molecule has 0 amide bonds. The molecule has 0 saturated carbocycles. The molecule has 0 aliphatic carbocycles. The fraction of sp³-hybridized carbons (Fsp3) is 0. The average Bonchev–Trinajstić information content (AvgIpc) is 2.82. The first-order valence-corrected chi connectivity index (χ1v) is 4.92. The number of pyridine rings is 1. The molecule has 3 aromatic rings. The Morgan fingerprint density at radius 1 is 0.933 bits per heavy atom. The van der Waals surface area contributed by atoms with Gasteiger partial charge in [-0.3, -0.25) is 0 Å². The Morgan fingerprint density at radius 3 is 2.73 bits per heavy atom. The molecule has 0 atom stereocenters. The third-order valence-electron chi connectivity index (χ3n) is 2.49. The van der Waals surface area contributed by atoms with Crippen molar-refractivity contribution < 1.29 is 0 Å². The highest BCUT2D eigenvalue weighted by Crippen LogP contribution is 2.19. The maximum atomic E-state index is 4.60. The minimum atomic E-state index is 1.01. The number of nitrogens with zero attached hydrogens (tertiary/aromatic N) is 1. The van der Waals surface area contributed by atoms with E-state index in [0.717, 1.165) is 16.8 Å². The number of aromatic nitrogens is 2. The summed E-state index contributed by atoms with van der Waals surface area (Å²) in [6, 6.07) is 14.3. The van der Waals surface area contributed by atoms with Gasteiger partial charge in [-0.05, 0) is 18.2 Å². The van der Waals surface area contributed by atoms with Crippen molar-refractivity contribution >= 4 is 10.9 Å². The summed E-state index contributed by atoms with van der Waals surface area (Å²) in [5.41, 5.74) is 3.17. The van der Waals surface area contributed by atoms with Crippen LogP contribution < -0.4 is 0 Å². The lowest BCUT2D eigenvalue weighted by Crippen LogP contribution is -1.82. The predicted molar refractivity (Wildman–Crippen MR) is 61.5 cm³/mol. The first kappa shape index (κ1) is 8.24. The van der Waals surface area contributed by atoms with Crippen LogP contribution in [0.1, 0.15) is 0 Å². The van der Waals surface area contributed by atoms with Crippen LogP contribution >= 0.6 is 0 Å². The quantitative estimate of drug-likeness (QED) is 0.633. The van der Waals surface area contributed by atoms with E-state index >= 15 is 0 Å². The van der Waals surface area contributed by atoms with E-state index in [-0.39, 0.29) is 0 Å². The SMILES string of the molecule is c1ccc2nc(-c3cc[nH]c3)ccc2c1. The molecule has 1 aromatic carbocycles. The monoisotopic (exact) mass is 194 g/mol. The van der Waals surface area contributed by atoms with E-state index in [1.807, 2.05) is 42.7 Å². The van der Waals surface area contributed by atoms with Crippen molar-refractivity contribution in [3.8, 4) is 11.3 Å². The zero-order chi connectivity index (χ0) is 10.1. The normalized spacial score (nSPS) is 10.7. The van der Waals surface area contributed by atoms with Crippen molar-refractivity contribution in [2.75, 3.05) is 0 Å². The standard InChI is InChI=1S/C13H10N2/c1-2-4-12-10(3-1)5-6-13(15-12)11-7-8-14-9-11/h1-9,14H. The molecule has 15 heavy (non-hydrogen) atoms. The molecule has 0 bridgehead atoms. The third kappa shape index (κ3) is 1.40. The molecule has 1 N–H and O–H groups in total. The number of fused-ring (bicyclic) bond motifs is 1. The molecule has 0 unspecified atom stereocenters. The molecular weight excluding hydrogens is 184 g/mol. The van der Waals surface area contributed by atoms with E-state index in [1.165, 1.54) is 5.39 Å². The second-order valence-electron chi connectivity index (χ2n) is 3.49. The first-order valence-electron chi connectivity index (χ1n) is 4.92. The van der Waals surface area contributed by atoms with Crippen LogP contribution in [0.25, 0.3) is 22.2 Å². The van der Waals surface area contributed by atoms with Crippen LogP contribution in [0.2, 0.25) is 0 Å². The second kappa shape index (κ2) is 3.24. The number of nitrogens with one attached hydrogen (secondary N) is 1. The lowest BCUT2D eigenvalue weighted by molar-refractivity contribution is 1.38. The third-order valence-corrected chi connectivity index (χ3v) is 2.49. The van der Waals surface area contributed by atoms with Gasteiger partial charge in [0.2, 0.25) is 0 Å². The number of para-hydroxylation sites is 1. The fourth-order valence-corrected chi connectivity index (χ4v) is 1.71. The van der Waals surface area contributed by atoms with Crippen LogP contribution in [-0.2, 0) is 0 Å². The summed E-state index contributed by atoms with van der Waals surface area (Å²) in [4.78, 5) is 7.63. The molecule has 72 valence electrons. The Labute approximate surface area is 87.6 Å². The van der Waals surface area contributed by atoms with Crippen LogP contribution in [0.3, 0.4) is 0 Å². The van der Waals surface area contributed by atoms with Crippen LogP contribution in [-0.4, -0.2) is 9.97 Å². The molecular formula is C13H10N2. The van der Waals surface area contributed by atoms with Crippen molar-refractivity contribution in [3.63, 3.8) is 0 Å². The summed E-state index contributed by atoms with van der Waals surface area (Å²) in [5, 5.41) is 1.18. The minimum Gasteiger partial charge on any atom is -0.367 e. The topological polar surface area (TPSA) is 28.7 Å². The van der Waals surface area contributed by atoms with Crippen molar-refractivity contribution in [2.45, 2.75) is 0 Å². The number of hydrogen-bond donors (Lipinski definition) is 1. The van der Waals surface area contributed by atoms with Gasteiger partial charge >= 0.3 is 0 Å². The lowest BCUT2D eigenvalue weighted by Gasteiger charge is -2.00. The molecule has 2 aromatic heterocycles. The highest BCUT2D eigenvalue weighted by molar-refractivity contribution is 5.81. The molecule has 2 heterocycles. The molecule has 2 heteroatoms. The van der Waals surface area contributed by atoms with Gasteiger partial charge in [0.15, 0.2) is 0 Å². The highest BCUT2D eigenvalue weighted by atomic mass is 14.7.